The van der Waals surface area contributed by atoms with Crippen molar-refractivity contribution in [1.82, 2.24) is 0 Å². The van der Waals surface area contributed by atoms with E-state index < -0.39 is 4.92 Å². The van der Waals surface area contributed by atoms with Crippen LogP contribution in [0.4, 0.5) is 5.69 Å². The van der Waals surface area contributed by atoms with Crippen LogP contribution in [0.3, 0.4) is 0 Å². The van der Waals surface area contributed by atoms with Gasteiger partial charge in [0.1, 0.15) is 5.78 Å². The molecule has 2 atom stereocenters. The summed E-state index contributed by atoms with van der Waals surface area (Å²) in [4.78, 5) is 21.4. The van der Waals surface area contributed by atoms with E-state index in [0.717, 1.165) is 12.0 Å². The smallest absolute Gasteiger partial charge is 0.269 e. The largest absolute Gasteiger partial charge is 0.299 e. The summed E-state index contributed by atoms with van der Waals surface area (Å²) in [7, 11) is 0. The van der Waals surface area contributed by atoms with Gasteiger partial charge < -0.3 is 0 Å². The van der Waals surface area contributed by atoms with Gasteiger partial charge in [-0.3, -0.25) is 14.9 Å². The molecule has 1 fully saturated rings. The molecule has 4 heteroatoms. The highest BCUT2D eigenvalue weighted by molar-refractivity contribution is 5.89. The second-order valence-corrected chi connectivity index (χ2v) is 4.14. The number of hydrogen-bond donors (Lipinski definition) is 0. The molecule has 1 saturated carbocycles. The number of hydrogen-bond acceptors (Lipinski definition) is 3. The number of benzene rings is 1. The number of carbonyl (C=O) groups is 1. The van der Waals surface area contributed by atoms with Crippen LogP contribution < -0.4 is 0 Å². The Morgan fingerprint density at radius 3 is 2.44 bits per heavy atom. The molecule has 2 rings (SSSR count). The standard InChI is InChI=1S/C12H13NO3/c1-2-10-11(7-12(10)14)8-3-5-9(6-4-8)13(15)16/h3-6,10-11H,2,7H2,1H3. The molecule has 1 aliphatic rings. The Morgan fingerprint density at radius 1 is 1.38 bits per heavy atom. The average molecular weight is 219 g/mol. The van der Waals surface area contributed by atoms with Crippen LogP contribution in [-0.2, 0) is 4.79 Å². The third-order valence-electron chi connectivity index (χ3n) is 3.29. The van der Waals surface area contributed by atoms with Crippen LogP contribution in [0.5, 0.6) is 0 Å². The molecule has 0 saturated heterocycles. The van der Waals surface area contributed by atoms with Crippen LogP contribution in [0.1, 0.15) is 31.2 Å². The molecule has 0 aliphatic heterocycles. The minimum absolute atomic E-state index is 0.0995. The topological polar surface area (TPSA) is 60.2 Å². The lowest BCUT2D eigenvalue weighted by Crippen LogP contribution is -2.34. The summed E-state index contributed by atoms with van der Waals surface area (Å²) in [5.74, 6) is 0.686. The van der Waals surface area contributed by atoms with Gasteiger partial charge in [0, 0.05) is 30.4 Å². The van der Waals surface area contributed by atoms with E-state index in [1.165, 1.54) is 12.1 Å². The fourth-order valence-electron chi connectivity index (χ4n) is 2.28. The minimum Gasteiger partial charge on any atom is -0.299 e. The highest BCUT2D eigenvalue weighted by Gasteiger charge is 2.38. The molecule has 1 aromatic rings. The summed E-state index contributed by atoms with van der Waals surface area (Å²) in [5.41, 5.74) is 1.14. The zero-order valence-electron chi connectivity index (χ0n) is 9.05. The number of carbonyl (C=O) groups excluding carboxylic acids is 1. The number of nitrogens with zero attached hydrogens (tertiary/aromatic N) is 1. The molecular formula is C12H13NO3. The van der Waals surface area contributed by atoms with Gasteiger partial charge in [-0.25, -0.2) is 0 Å². The van der Waals surface area contributed by atoms with E-state index in [1.54, 1.807) is 12.1 Å². The molecule has 0 spiro atoms. The Kier molecular flexibility index (Phi) is 2.73. The van der Waals surface area contributed by atoms with Gasteiger partial charge in [0.15, 0.2) is 0 Å². The van der Waals surface area contributed by atoms with E-state index in [2.05, 4.69) is 0 Å². The maximum absolute atomic E-state index is 11.3. The van der Waals surface area contributed by atoms with Crippen LogP contribution in [0, 0.1) is 16.0 Å². The molecule has 0 amide bonds. The summed E-state index contributed by atoms with van der Waals surface area (Å²) in [6.07, 6.45) is 1.43. The summed E-state index contributed by atoms with van der Waals surface area (Å²) in [6.45, 7) is 2.00. The van der Waals surface area contributed by atoms with Gasteiger partial charge in [-0.2, -0.15) is 0 Å². The third-order valence-corrected chi connectivity index (χ3v) is 3.29. The maximum Gasteiger partial charge on any atom is 0.269 e. The minimum atomic E-state index is -0.410. The Bertz CT molecular complexity index is 424. The number of ketones is 1. The quantitative estimate of drug-likeness (QED) is 0.580. The molecular weight excluding hydrogens is 206 g/mol. The summed E-state index contributed by atoms with van der Waals surface area (Å²) in [6, 6.07) is 6.53. The van der Waals surface area contributed by atoms with Gasteiger partial charge in [0.25, 0.3) is 5.69 Å². The molecule has 0 aromatic heterocycles. The van der Waals surface area contributed by atoms with Crippen molar-refractivity contribution in [2.24, 2.45) is 5.92 Å². The van der Waals surface area contributed by atoms with E-state index >= 15 is 0 Å². The lowest BCUT2D eigenvalue weighted by molar-refractivity contribution is -0.384. The lowest BCUT2D eigenvalue weighted by atomic mass is 9.68. The molecule has 16 heavy (non-hydrogen) atoms. The lowest BCUT2D eigenvalue weighted by Gasteiger charge is -2.34. The number of Topliss-reactive ketones (excluding diaryl/α,β-unsaturated/α-hetero) is 1. The molecule has 0 heterocycles. The SMILES string of the molecule is CCC1C(=O)CC1c1ccc([N+](=O)[O-])cc1. The van der Waals surface area contributed by atoms with E-state index in [9.17, 15) is 14.9 Å². The van der Waals surface area contributed by atoms with Gasteiger partial charge in [-0.15, -0.1) is 0 Å². The zero-order chi connectivity index (χ0) is 11.7. The average Bonchev–Trinajstić information content (AvgIpc) is 2.26. The Hall–Kier alpha value is -1.71. The van der Waals surface area contributed by atoms with Crippen molar-refractivity contribution >= 4 is 11.5 Å². The Balaban J connectivity index is 2.17. The second-order valence-electron chi connectivity index (χ2n) is 4.14. The van der Waals surface area contributed by atoms with Gasteiger partial charge >= 0.3 is 0 Å². The Morgan fingerprint density at radius 2 is 2.00 bits per heavy atom. The predicted molar refractivity (Wildman–Crippen MR) is 59.2 cm³/mol. The molecule has 0 N–H and O–H groups in total. The fraction of sp³-hybridized carbons (Fsp3) is 0.417. The summed E-state index contributed by atoms with van der Waals surface area (Å²) in [5, 5.41) is 10.5. The van der Waals surface area contributed by atoms with Crippen LogP contribution in [0.2, 0.25) is 0 Å². The first-order chi connectivity index (χ1) is 7.63. The fourth-order valence-corrected chi connectivity index (χ4v) is 2.28. The van der Waals surface area contributed by atoms with Crippen LogP contribution in [0.15, 0.2) is 24.3 Å². The molecule has 84 valence electrons. The van der Waals surface area contributed by atoms with Crippen LogP contribution in [-0.4, -0.2) is 10.7 Å². The van der Waals surface area contributed by atoms with Crippen molar-refractivity contribution in [1.29, 1.82) is 0 Å². The van der Waals surface area contributed by atoms with Crippen molar-refractivity contribution in [3.8, 4) is 0 Å². The van der Waals surface area contributed by atoms with Crippen molar-refractivity contribution < 1.29 is 9.72 Å². The van der Waals surface area contributed by atoms with Gasteiger partial charge in [-0.05, 0) is 12.0 Å². The van der Waals surface area contributed by atoms with Crippen molar-refractivity contribution in [3.05, 3.63) is 39.9 Å². The molecule has 0 radical (unpaired) electrons. The normalized spacial score (nSPS) is 23.9. The summed E-state index contributed by atoms with van der Waals surface area (Å²) < 4.78 is 0. The zero-order valence-corrected chi connectivity index (χ0v) is 9.05. The Labute approximate surface area is 93.4 Å². The van der Waals surface area contributed by atoms with E-state index in [4.69, 9.17) is 0 Å². The van der Waals surface area contributed by atoms with E-state index in [0.29, 0.717) is 12.2 Å². The number of non-ortho nitro benzene ring substituents is 1. The second kappa shape index (κ2) is 4.04. The molecule has 4 nitrogen and oxygen atoms in total. The molecule has 1 aliphatic carbocycles. The number of rotatable bonds is 3. The molecule has 0 bridgehead atoms. The van der Waals surface area contributed by atoms with E-state index in [1.807, 2.05) is 6.92 Å². The van der Waals surface area contributed by atoms with Gasteiger partial charge in [0.05, 0.1) is 4.92 Å². The van der Waals surface area contributed by atoms with Crippen molar-refractivity contribution in [3.63, 3.8) is 0 Å². The van der Waals surface area contributed by atoms with Crippen molar-refractivity contribution in [2.45, 2.75) is 25.7 Å². The van der Waals surface area contributed by atoms with E-state index in [-0.39, 0.29) is 17.5 Å². The monoisotopic (exact) mass is 219 g/mol. The first-order valence-electron chi connectivity index (χ1n) is 5.40. The first-order valence-corrected chi connectivity index (χ1v) is 5.40. The van der Waals surface area contributed by atoms with Gasteiger partial charge in [0.2, 0.25) is 0 Å². The number of nitro benzene ring substituents is 1. The van der Waals surface area contributed by atoms with Crippen LogP contribution >= 0.6 is 0 Å². The van der Waals surface area contributed by atoms with Crippen molar-refractivity contribution in [2.75, 3.05) is 0 Å². The van der Waals surface area contributed by atoms with Crippen LogP contribution in [0.25, 0.3) is 0 Å². The third kappa shape index (κ3) is 1.71. The van der Waals surface area contributed by atoms with Gasteiger partial charge in [-0.1, -0.05) is 19.1 Å². The maximum atomic E-state index is 11.3. The summed E-state index contributed by atoms with van der Waals surface area (Å²) >= 11 is 0. The highest BCUT2D eigenvalue weighted by Crippen LogP contribution is 2.41. The molecule has 1 aromatic carbocycles. The molecule has 2 unspecified atom stereocenters. The predicted octanol–water partition coefficient (Wildman–Crippen LogP) is 2.68. The highest BCUT2D eigenvalue weighted by atomic mass is 16.6. The first kappa shape index (κ1) is 10.8. The number of nitro groups is 1.